The Morgan fingerprint density at radius 2 is 1.50 bits per heavy atom. The van der Waals surface area contributed by atoms with E-state index < -0.39 is 17.9 Å². The van der Waals surface area contributed by atoms with Crippen molar-refractivity contribution >= 4 is 11.9 Å². The highest BCUT2D eigenvalue weighted by molar-refractivity contribution is 5.92. The standard InChI is InChI=1S/C6H10O4.C4H8/c1-2-3-4(5(7)8)6(9)10;1-4(2)3/h4H,2-3H2,1H3,(H,7,8)(H,9,10);1H2,2-3H3. The fraction of sp³-hybridized carbons (Fsp3) is 0.600. The Hall–Kier alpha value is -1.32. The second-order valence-corrected chi connectivity index (χ2v) is 3.22. The first-order chi connectivity index (χ1) is 6.32. The highest BCUT2D eigenvalue weighted by atomic mass is 16.4. The predicted octanol–water partition coefficient (Wildman–Crippen LogP) is 2.15. The van der Waals surface area contributed by atoms with E-state index in [1.165, 1.54) is 5.57 Å². The van der Waals surface area contributed by atoms with E-state index in [-0.39, 0.29) is 6.42 Å². The average molecular weight is 202 g/mol. The molecule has 14 heavy (non-hydrogen) atoms. The van der Waals surface area contributed by atoms with E-state index in [9.17, 15) is 9.59 Å². The third-order valence-corrected chi connectivity index (χ3v) is 1.17. The summed E-state index contributed by atoms with van der Waals surface area (Å²) in [5.74, 6) is -3.74. The summed E-state index contributed by atoms with van der Waals surface area (Å²) in [7, 11) is 0. The zero-order valence-corrected chi connectivity index (χ0v) is 8.91. The number of carbonyl (C=O) groups is 2. The zero-order chi connectivity index (χ0) is 11.7. The van der Waals surface area contributed by atoms with E-state index in [4.69, 9.17) is 10.2 Å². The van der Waals surface area contributed by atoms with Gasteiger partial charge in [0.15, 0.2) is 5.92 Å². The summed E-state index contributed by atoms with van der Waals surface area (Å²) in [6.07, 6.45) is 0.772. The Labute approximate surface area is 84.3 Å². The summed E-state index contributed by atoms with van der Waals surface area (Å²) in [4.78, 5) is 20.3. The molecule has 4 heteroatoms. The number of rotatable bonds is 4. The lowest BCUT2D eigenvalue weighted by molar-refractivity contribution is -0.154. The van der Waals surface area contributed by atoms with Crippen LogP contribution >= 0.6 is 0 Å². The Balaban J connectivity index is 0. The molecule has 0 bridgehead atoms. The van der Waals surface area contributed by atoms with Crippen molar-refractivity contribution in [3.05, 3.63) is 12.2 Å². The lowest BCUT2D eigenvalue weighted by Crippen LogP contribution is -2.22. The average Bonchev–Trinajstić information content (AvgIpc) is 1.97. The fourth-order valence-corrected chi connectivity index (χ4v) is 0.641. The molecule has 0 aliphatic rings. The molecule has 0 unspecified atom stereocenters. The minimum atomic E-state index is -1.26. The molecule has 0 aromatic carbocycles. The maximum Gasteiger partial charge on any atom is 0.317 e. The molecule has 0 rings (SSSR count). The molecule has 0 aliphatic carbocycles. The van der Waals surface area contributed by atoms with Crippen LogP contribution in [-0.4, -0.2) is 22.2 Å². The first-order valence-corrected chi connectivity index (χ1v) is 4.40. The van der Waals surface area contributed by atoms with E-state index in [0.717, 1.165) is 0 Å². The molecule has 0 aromatic heterocycles. The van der Waals surface area contributed by atoms with Crippen LogP contribution in [0.4, 0.5) is 0 Å². The Morgan fingerprint density at radius 1 is 1.21 bits per heavy atom. The summed E-state index contributed by atoms with van der Waals surface area (Å²) >= 11 is 0. The molecule has 0 aromatic rings. The monoisotopic (exact) mass is 202 g/mol. The maximum atomic E-state index is 10.2. The largest absolute Gasteiger partial charge is 0.481 e. The molecular formula is C10H18O4. The van der Waals surface area contributed by atoms with Crippen LogP contribution in [0.25, 0.3) is 0 Å². The van der Waals surface area contributed by atoms with Gasteiger partial charge in [0.05, 0.1) is 0 Å². The van der Waals surface area contributed by atoms with Gasteiger partial charge in [0.1, 0.15) is 0 Å². The van der Waals surface area contributed by atoms with Crippen molar-refractivity contribution in [3.63, 3.8) is 0 Å². The lowest BCUT2D eigenvalue weighted by Gasteiger charge is -2.02. The van der Waals surface area contributed by atoms with Crippen LogP contribution in [0.5, 0.6) is 0 Å². The van der Waals surface area contributed by atoms with Crippen molar-refractivity contribution in [1.82, 2.24) is 0 Å². The summed E-state index contributed by atoms with van der Waals surface area (Å²) in [5.41, 5.74) is 1.17. The van der Waals surface area contributed by atoms with E-state index in [1.54, 1.807) is 6.92 Å². The number of carboxylic acid groups (broad SMARTS) is 2. The molecule has 0 atom stereocenters. The second-order valence-electron chi connectivity index (χ2n) is 3.22. The molecule has 82 valence electrons. The number of carboxylic acids is 2. The zero-order valence-electron chi connectivity index (χ0n) is 8.91. The topological polar surface area (TPSA) is 74.6 Å². The quantitative estimate of drug-likeness (QED) is 0.541. The number of hydrogen-bond donors (Lipinski definition) is 2. The van der Waals surface area contributed by atoms with Gasteiger partial charge in [0.2, 0.25) is 0 Å². The van der Waals surface area contributed by atoms with Crippen molar-refractivity contribution in [2.45, 2.75) is 33.6 Å². The van der Waals surface area contributed by atoms with Crippen LogP contribution in [0.2, 0.25) is 0 Å². The number of hydrogen-bond acceptors (Lipinski definition) is 2. The molecule has 0 spiro atoms. The van der Waals surface area contributed by atoms with Crippen LogP contribution in [-0.2, 0) is 9.59 Å². The van der Waals surface area contributed by atoms with Gasteiger partial charge in [-0.1, -0.05) is 18.9 Å². The minimum absolute atomic E-state index is 0.199. The summed E-state index contributed by atoms with van der Waals surface area (Å²) in [6.45, 7) is 9.25. The third kappa shape index (κ3) is 10.7. The Kier molecular flexibility index (Phi) is 8.98. The minimum Gasteiger partial charge on any atom is -0.481 e. The molecule has 0 saturated carbocycles. The number of allylic oxidation sites excluding steroid dienone is 1. The Bertz CT molecular complexity index is 190. The van der Waals surface area contributed by atoms with Crippen molar-refractivity contribution in [1.29, 1.82) is 0 Å². The number of aliphatic carboxylic acids is 2. The van der Waals surface area contributed by atoms with Crippen LogP contribution in [0, 0.1) is 5.92 Å². The van der Waals surface area contributed by atoms with Gasteiger partial charge in [-0.25, -0.2) is 0 Å². The predicted molar refractivity (Wildman–Crippen MR) is 54.2 cm³/mol. The maximum absolute atomic E-state index is 10.2. The molecule has 0 fully saturated rings. The Morgan fingerprint density at radius 3 is 1.57 bits per heavy atom. The van der Waals surface area contributed by atoms with Gasteiger partial charge in [-0.15, -0.1) is 6.58 Å². The van der Waals surface area contributed by atoms with Crippen LogP contribution in [0.3, 0.4) is 0 Å². The van der Waals surface area contributed by atoms with Crippen molar-refractivity contribution in [2.75, 3.05) is 0 Å². The summed E-state index contributed by atoms with van der Waals surface area (Å²) in [5, 5.41) is 16.6. The van der Waals surface area contributed by atoms with Gasteiger partial charge in [0, 0.05) is 0 Å². The fourth-order valence-electron chi connectivity index (χ4n) is 0.641. The SMILES string of the molecule is C=C(C)C.CCCC(C(=O)O)C(=O)O. The van der Waals surface area contributed by atoms with E-state index in [2.05, 4.69) is 6.58 Å². The smallest absolute Gasteiger partial charge is 0.317 e. The van der Waals surface area contributed by atoms with Gasteiger partial charge >= 0.3 is 11.9 Å². The summed E-state index contributed by atoms with van der Waals surface area (Å²) in [6, 6.07) is 0. The van der Waals surface area contributed by atoms with Gasteiger partial charge in [0.25, 0.3) is 0 Å². The molecule has 0 aliphatic heterocycles. The highest BCUT2D eigenvalue weighted by Gasteiger charge is 2.23. The van der Waals surface area contributed by atoms with Crippen LogP contribution in [0.1, 0.15) is 33.6 Å². The normalized spacial score (nSPS) is 8.86. The molecule has 0 amide bonds. The molecule has 0 radical (unpaired) electrons. The first-order valence-electron chi connectivity index (χ1n) is 4.40. The molecule has 4 nitrogen and oxygen atoms in total. The molecule has 0 heterocycles. The highest BCUT2D eigenvalue weighted by Crippen LogP contribution is 2.05. The van der Waals surface area contributed by atoms with Crippen molar-refractivity contribution in [3.8, 4) is 0 Å². The first kappa shape index (κ1) is 15.2. The molecule has 2 N–H and O–H groups in total. The molecule has 0 saturated heterocycles. The van der Waals surface area contributed by atoms with E-state index in [1.807, 2.05) is 13.8 Å². The third-order valence-electron chi connectivity index (χ3n) is 1.17. The molecular weight excluding hydrogens is 184 g/mol. The van der Waals surface area contributed by atoms with Crippen LogP contribution in [0.15, 0.2) is 12.2 Å². The van der Waals surface area contributed by atoms with E-state index in [0.29, 0.717) is 6.42 Å². The van der Waals surface area contributed by atoms with Gasteiger partial charge in [-0.3, -0.25) is 9.59 Å². The second kappa shape index (κ2) is 8.29. The van der Waals surface area contributed by atoms with Crippen molar-refractivity contribution in [2.24, 2.45) is 5.92 Å². The van der Waals surface area contributed by atoms with Crippen molar-refractivity contribution < 1.29 is 19.8 Å². The van der Waals surface area contributed by atoms with Crippen LogP contribution < -0.4 is 0 Å². The lowest BCUT2D eigenvalue weighted by atomic mass is 10.1. The van der Waals surface area contributed by atoms with Gasteiger partial charge < -0.3 is 10.2 Å². The van der Waals surface area contributed by atoms with Gasteiger partial charge in [-0.05, 0) is 20.3 Å². The van der Waals surface area contributed by atoms with E-state index >= 15 is 0 Å². The van der Waals surface area contributed by atoms with Gasteiger partial charge in [-0.2, -0.15) is 0 Å². The summed E-state index contributed by atoms with van der Waals surface area (Å²) < 4.78 is 0.